The van der Waals surface area contributed by atoms with Gasteiger partial charge in [0.05, 0.1) is 12.2 Å². The van der Waals surface area contributed by atoms with Gasteiger partial charge in [-0.05, 0) is 50.3 Å². The van der Waals surface area contributed by atoms with E-state index in [4.69, 9.17) is 0 Å². The van der Waals surface area contributed by atoms with E-state index in [-0.39, 0.29) is 0 Å². The minimum absolute atomic E-state index is 0.317. The van der Waals surface area contributed by atoms with Crippen LogP contribution in [0.4, 0.5) is 0 Å². The molecule has 1 fully saturated rings. The van der Waals surface area contributed by atoms with Crippen LogP contribution in [0.5, 0.6) is 0 Å². The van der Waals surface area contributed by atoms with E-state index in [0.717, 1.165) is 6.54 Å². The van der Waals surface area contributed by atoms with Gasteiger partial charge < -0.3 is 4.90 Å². The summed E-state index contributed by atoms with van der Waals surface area (Å²) in [7, 11) is 8.76. The van der Waals surface area contributed by atoms with E-state index in [1.54, 1.807) is 0 Å². The van der Waals surface area contributed by atoms with Crippen molar-refractivity contribution in [2.45, 2.75) is 19.1 Å². The van der Waals surface area contributed by atoms with Crippen LogP contribution in [0.1, 0.15) is 24.1 Å². The van der Waals surface area contributed by atoms with Crippen LogP contribution < -0.4 is 0 Å². The van der Waals surface area contributed by atoms with Gasteiger partial charge in [-0.3, -0.25) is 9.80 Å². The molecule has 0 N–H and O–H groups in total. The molecule has 3 nitrogen and oxygen atoms in total. The van der Waals surface area contributed by atoms with E-state index < -0.39 is 0 Å². The normalized spacial score (nSPS) is 26.2. The summed E-state index contributed by atoms with van der Waals surface area (Å²) >= 11 is 0. The SMILES string of the molecule is C=C1C(C)=C2C(c3ccccc31)N(C)C(N(C)C)CN2C. The highest BCUT2D eigenvalue weighted by molar-refractivity contribution is 5.82. The molecule has 0 spiro atoms. The number of hydrogen-bond acceptors (Lipinski definition) is 3. The Morgan fingerprint density at radius 3 is 2.52 bits per heavy atom. The standard InChI is InChI=1S/C18H25N3/c1-12-13(2)17-18(15-10-8-7-9-14(12)15)21(6)16(19(3)4)11-20(17)5/h7-10,16,18H,1,11H2,2-6H3. The molecule has 112 valence electrons. The maximum Gasteiger partial charge on any atom is 0.0803 e. The second-order valence-corrected chi connectivity index (χ2v) is 6.47. The minimum atomic E-state index is 0.317. The summed E-state index contributed by atoms with van der Waals surface area (Å²) in [6.07, 6.45) is 0.413. The first-order valence-electron chi connectivity index (χ1n) is 7.52. The summed E-state index contributed by atoms with van der Waals surface area (Å²) < 4.78 is 0. The number of benzene rings is 1. The van der Waals surface area contributed by atoms with Crippen LogP contribution in [0.3, 0.4) is 0 Å². The number of piperazine rings is 1. The molecule has 0 radical (unpaired) electrons. The number of hydrogen-bond donors (Lipinski definition) is 0. The number of likely N-dealkylation sites (N-methyl/N-ethyl adjacent to an activating group) is 3. The van der Waals surface area contributed by atoms with E-state index in [0.29, 0.717) is 12.2 Å². The van der Waals surface area contributed by atoms with Gasteiger partial charge in [0, 0.05) is 19.3 Å². The molecule has 1 heterocycles. The number of rotatable bonds is 1. The Morgan fingerprint density at radius 1 is 1.19 bits per heavy atom. The van der Waals surface area contributed by atoms with Crippen molar-refractivity contribution in [3.63, 3.8) is 0 Å². The number of fused-ring (bicyclic) bond motifs is 3. The zero-order valence-corrected chi connectivity index (χ0v) is 13.7. The van der Waals surface area contributed by atoms with Crippen LogP contribution in [0.15, 0.2) is 42.1 Å². The van der Waals surface area contributed by atoms with Gasteiger partial charge in [-0.1, -0.05) is 30.8 Å². The van der Waals surface area contributed by atoms with Gasteiger partial charge in [-0.25, -0.2) is 0 Å². The summed E-state index contributed by atoms with van der Waals surface area (Å²) in [4.78, 5) is 7.20. The van der Waals surface area contributed by atoms with E-state index >= 15 is 0 Å². The zero-order chi connectivity index (χ0) is 15.3. The van der Waals surface area contributed by atoms with Gasteiger partial charge >= 0.3 is 0 Å². The molecule has 1 aromatic carbocycles. The van der Waals surface area contributed by atoms with Crippen molar-refractivity contribution < 1.29 is 0 Å². The first kappa shape index (κ1) is 14.4. The zero-order valence-electron chi connectivity index (χ0n) is 13.7. The lowest BCUT2D eigenvalue weighted by molar-refractivity contribution is 0.0131. The molecule has 2 aliphatic rings. The third kappa shape index (κ3) is 2.03. The van der Waals surface area contributed by atoms with Crippen molar-refractivity contribution in [2.75, 3.05) is 34.7 Å². The number of nitrogens with zero attached hydrogens (tertiary/aromatic N) is 3. The van der Waals surface area contributed by atoms with Crippen molar-refractivity contribution in [3.8, 4) is 0 Å². The summed E-state index contributed by atoms with van der Waals surface area (Å²) in [5, 5.41) is 0. The van der Waals surface area contributed by atoms with Crippen LogP contribution >= 0.6 is 0 Å². The molecule has 0 bridgehead atoms. The monoisotopic (exact) mass is 283 g/mol. The molecular weight excluding hydrogens is 258 g/mol. The molecule has 1 saturated heterocycles. The lowest BCUT2D eigenvalue weighted by Crippen LogP contribution is -2.57. The molecule has 0 saturated carbocycles. The molecule has 1 aliphatic heterocycles. The Hall–Kier alpha value is -1.58. The summed E-state index contributed by atoms with van der Waals surface area (Å²) in [6.45, 7) is 7.55. The minimum Gasteiger partial charge on any atom is -0.373 e. The van der Waals surface area contributed by atoms with E-state index in [9.17, 15) is 0 Å². The Labute approximate surface area is 128 Å². The summed E-state index contributed by atoms with van der Waals surface area (Å²) in [6, 6.07) is 9.01. The van der Waals surface area contributed by atoms with Crippen molar-refractivity contribution in [2.24, 2.45) is 0 Å². The average molecular weight is 283 g/mol. The molecule has 0 aromatic heterocycles. The fourth-order valence-corrected chi connectivity index (χ4v) is 3.80. The maximum absolute atomic E-state index is 4.33. The second kappa shape index (κ2) is 5.00. The van der Waals surface area contributed by atoms with Crippen LogP contribution in [-0.2, 0) is 0 Å². The van der Waals surface area contributed by atoms with Gasteiger partial charge in [-0.2, -0.15) is 0 Å². The predicted molar refractivity (Wildman–Crippen MR) is 88.8 cm³/mol. The fraction of sp³-hybridized carbons (Fsp3) is 0.444. The van der Waals surface area contributed by atoms with Gasteiger partial charge in [0.2, 0.25) is 0 Å². The highest BCUT2D eigenvalue weighted by atomic mass is 15.4. The van der Waals surface area contributed by atoms with Gasteiger partial charge in [0.25, 0.3) is 0 Å². The smallest absolute Gasteiger partial charge is 0.0803 e. The maximum atomic E-state index is 4.33. The van der Waals surface area contributed by atoms with Crippen molar-refractivity contribution >= 4 is 5.57 Å². The first-order chi connectivity index (χ1) is 9.93. The molecule has 1 aliphatic carbocycles. The Morgan fingerprint density at radius 2 is 1.86 bits per heavy atom. The Balaban J connectivity index is 2.18. The molecule has 2 atom stereocenters. The first-order valence-corrected chi connectivity index (χ1v) is 7.52. The molecule has 3 heteroatoms. The topological polar surface area (TPSA) is 9.72 Å². The molecular formula is C18H25N3. The second-order valence-electron chi connectivity index (χ2n) is 6.47. The van der Waals surface area contributed by atoms with Crippen LogP contribution in [0, 0.1) is 0 Å². The highest BCUT2D eigenvalue weighted by Gasteiger charge is 2.40. The van der Waals surface area contributed by atoms with Crippen LogP contribution in [0.2, 0.25) is 0 Å². The van der Waals surface area contributed by atoms with Crippen molar-refractivity contribution in [1.29, 1.82) is 0 Å². The average Bonchev–Trinajstić information content (AvgIpc) is 2.46. The highest BCUT2D eigenvalue weighted by Crippen LogP contribution is 2.46. The van der Waals surface area contributed by atoms with Crippen LogP contribution in [0.25, 0.3) is 5.57 Å². The third-order valence-corrected chi connectivity index (χ3v) is 5.00. The molecule has 2 unspecified atom stereocenters. The van der Waals surface area contributed by atoms with Crippen molar-refractivity contribution in [1.82, 2.24) is 14.7 Å². The molecule has 21 heavy (non-hydrogen) atoms. The van der Waals surface area contributed by atoms with E-state index in [1.165, 1.54) is 28.0 Å². The largest absolute Gasteiger partial charge is 0.373 e. The van der Waals surface area contributed by atoms with Gasteiger partial charge in [0.1, 0.15) is 0 Å². The van der Waals surface area contributed by atoms with Gasteiger partial charge in [0.15, 0.2) is 0 Å². The predicted octanol–water partition coefficient (Wildman–Crippen LogP) is 2.79. The lowest BCUT2D eigenvalue weighted by atomic mass is 9.81. The molecule has 1 aromatic rings. The van der Waals surface area contributed by atoms with E-state index in [2.05, 4.69) is 80.7 Å². The Bertz CT molecular complexity index is 615. The van der Waals surface area contributed by atoms with E-state index in [1.807, 2.05) is 0 Å². The lowest BCUT2D eigenvalue weighted by Gasteiger charge is -2.51. The van der Waals surface area contributed by atoms with Gasteiger partial charge in [-0.15, -0.1) is 0 Å². The van der Waals surface area contributed by atoms with Crippen LogP contribution in [-0.4, -0.2) is 55.6 Å². The molecule has 3 rings (SSSR count). The Kier molecular flexibility index (Phi) is 3.42. The quantitative estimate of drug-likeness (QED) is 0.785. The number of allylic oxidation sites excluding steroid dienone is 2. The molecule has 0 amide bonds. The van der Waals surface area contributed by atoms with Crippen molar-refractivity contribution in [3.05, 3.63) is 53.2 Å². The fourth-order valence-electron chi connectivity index (χ4n) is 3.80. The summed E-state index contributed by atoms with van der Waals surface area (Å²) in [5.41, 5.74) is 6.57. The summed E-state index contributed by atoms with van der Waals surface area (Å²) in [5.74, 6) is 0. The third-order valence-electron chi connectivity index (χ3n) is 5.00.